The lowest BCUT2D eigenvalue weighted by molar-refractivity contribution is -0.219. The molecule has 0 spiro atoms. The molecular weight excluding hydrogens is 196 g/mol. The number of esters is 1. The first-order chi connectivity index (χ1) is 7.14. The predicted octanol–water partition coefficient (Wildman–Crippen LogP) is 1.26. The maximum atomic E-state index is 11.6. The Kier molecular flexibility index (Phi) is 2.56. The molecule has 1 saturated carbocycles. The van der Waals surface area contributed by atoms with Gasteiger partial charge in [0.15, 0.2) is 0 Å². The van der Waals surface area contributed by atoms with Crippen LogP contribution in [0.2, 0.25) is 0 Å². The fraction of sp³-hybridized carbons (Fsp3) is 0.727. The van der Waals surface area contributed by atoms with Crippen LogP contribution in [-0.2, 0) is 19.0 Å². The average molecular weight is 212 g/mol. The summed E-state index contributed by atoms with van der Waals surface area (Å²) in [5, 5.41) is 0. The molecule has 0 saturated heterocycles. The van der Waals surface area contributed by atoms with E-state index < -0.39 is 5.60 Å². The summed E-state index contributed by atoms with van der Waals surface area (Å²) in [5.41, 5.74) is -0.588. The van der Waals surface area contributed by atoms with E-state index in [-0.39, 0.29) is 18.0 Å². The van der Waals surface area contributed by atoms with Gasteiger partial charge in [0.2, 0.25) is 0 Å². The molecule has 0 aromatic heterocycles. The van der Waals surface area contributed by atoms with Crippen molar-refractivity contribution in [1.29, 1.82) is 0 Å². The Morgan fingerprint density at radius 2 is 2.40 bits per heavy atom. The lowest BCUT2D eigenvalue weighted by Crippen LogP contribution is -2.65. The molecule has 0 aromatic rings. The molecule has 2 aliphatic rings. The molecule has 0 amide bonds. The summed E-state index contributed by atoms with van der Waals surface area (Å²) in [5.74, 6) is 0.193. The van der Waals surface area contributed by atoms with Crippen LogP contribution in [0.1, 0.15) is 20.3 Å². The van der Waals surface area contributed by atoms with Crippen molar-refractivity contribution in [2.45, 2.75) is 32.0 Å². The van der Waals surface area contributed by atoms with Gasteiger partial charge >= 0.3 is 5.97 Å². The highest BCUT2D eigenvalue weighted by molar-refractivity contribution is 5.79. The highest BCUT2D eigenvalue weighted by atomic mass is 16.6. The van der Waals surface area contributed by atoms with E-state index in [4.69, 9.17) is 14.2 Å². The van der Waals surface area contributed by atoms with E-state index in [1.165, 1.54) is 0 Å². The van der Waals surface area contributed by atoms with Crippen LogP contribution in [0, 0.1) is 5.92 Å². The maximum absolute atomic E-state index is 11.6. The quantitative estimate of drug-likeness (QED) is 0.661. The van der Waals surface area contributed by atoms with Gasteiger partial charge in [0.25, 0.3) is 0 Å². The molecule has 0 N–H and O–H groups in total. The minimum absolute atomic E-state index is 0.0275. The van der Waals surface area contributed by atoms with E-state index in [2.05, 4.69) is 0 Å². The number of carbonyl (C=O) groups excluding carboxylic acids is 1. The monoisotopic (exact) mass is 212 g/mol. The van der Waals surface area contributed by atoms with Crippen LogP contribution in [0.25, 0.3) is 0 Å². The molecule has 0 unspecified atom stereocenters. The number of allylic oxidation sites excluding steroid dienone is 1. The van der Waals surface area contributed by atoms with Gasteiger partial charge in [0.1, 0.15) is 11.4 Å². The van der Waals surface area contributed by atoms with Gasteiger partial charge in [-0.1, -0.05) is 0 Å². The number of rotatable bonds is 3. The van der Waals surface area contributed by atoms with Gasteiger partial charge in [-0.2, -0.15) is 0 Å². The molecule has 0 aromatic carbocycles. The van der Waals surface area contributed by atoms with E-state index in [1.807, 2.05) is 13.0 Å². The first-order valence-electron chi connectivity index (χ1n) is 5.22. The van der Waals surface area contributed by atoms with E-state index in [0.717, 1.165) is 0 Å². The molecule has 3 atom stereocenters. The molecule has 1 aliphatic carbocycles. The SMILES string of the molecule is CCO[C@H]1C[C@H]2C(=O)OC(C)=C[C@@]12OC. The van der Waals surface area contributed by atoms with Crippen LogP contribution in [0.3, 0.4) is 0 Å². The van der Waals surface area contributed by atoms with Gasteiger partial charge < -0.3 is 14.2 Å². The van der Waals surface area contributed by atoms with Crippen LogP contribution in [-0.4, -0.2) is 31.4 Å². The molecule has 1 heterocycles. The van der Waals surface area contributed by atoms with Crippen molar-refractivity contribution in [3.05, 3.63) is 11.8 Å². The highest BCUT2D eigenvalue weighted by Crippen LogP contribution is 2.48. The van der Waals surface area contributed by atoms with Gasteiger partial charge in [0, 0.05) is 13.7 Å². The van der Waals surface area contributed by atoms with Crippen molar-refractivity contribution in [3.8, 4) is 0 Å². The summed E-state index contributed by atoms with van der Waals surface area (Å²) in [6.07, 6.45) is 2.52. The topological polar surface area (TPSA) is 44.8 Å². The largest absolute Gasteiger partial charge is 0.431 e. The second-order valence-corrected chi connectivity index (χ2v) is 3.97. The number of hydrogen-bond donors (Lipinski definition) is 0. The minimum Gasteiger partial charge on any atom is -0.431 e. The number of hydrogen-bond acceptors (Lipinski definition) is 4. The van der Waals surface area contributed by atoms with E-state index >= 15 is 0 Å². The van der Waals surface area contributed by atoms with E-state index in [9.17, 15) is 4.79 Å². The van der Waals surface area contributed by atoms with Crippen molar-refractivity contribution in [2.24, 2.45) is 5.92 Å². The Morgan fingerprint density at radius 1 is 1.67 bits per heavy atom. The zero-order valence-electron chi connectivity index (χ0n) is 9.28. The van der Waals surface area contributed by atoms with Crippen molar-refractivity contribution in [3.63, 3.8) is 0 Å². The third-order valence-corrected chi connectivity index (χ3v) is 3.19. The number of ether oxygens (including phenoxy) is 3. The zero-order valence-corrected chi connectivity index (χ0v) is 9.28. The van der Waals surface area contributed by atoms with Crippen LogP contribution >= 0.6 is 0 Å². The molecule has 4 heteroatoms. The van der Waals surface area contributed by atoms with Crippen molar-refractivity contribution in [2.75, 3.05) is 13.7 Å². The van der Waals surface area contributed by atoms with Crippen LogP contribution in [0.5, 0.6) is 0 Å². The first-order valence-corrected chi connectivity index (χ1v) is 5.22. The smallest absolute Gasteiger partial charge is 0.317 e. The molecule has 0 radical (unpaired) electrons. The fourth-order valence-electron chi connectivity index (χ4n) is 2.43. The lowest BCUT2D eigenvalue weighted by atomic mass is 9.65. The highest BCUT2D eigenvalue weighted by Gasteiger charge is 2.61. The summed E-state index contributed by atoms with van der Waals surface area (Å²) in [6.45, 7) is 4.33. The van der Waals surface area contributed by atoms with Gasteiger partial charge in [-0.05, 0) is 26.3 Å². The molecule has 15 heavy (non-hydrogen) atoms. The summed E-state index contributed by atoms with van der Waals surface area (Å²) in [4.78, 5) is 11.6. The van der Waals surface area contributed by atoms with Crippen LogP contribution in [0.15, 0.2) is 11.8 Å². The summed E-state index contributed by atoms with van der Waals surface area (Å²) in [6, 6.07) is 0. The molecular formula is C11H16O4. The van der Waals surface area contributed by atoms with Crippen molar-refractivity contribution >= 4 is 5.97 Å². The van der Waals surface area contributed by atoms with Gasteiger partial charge in [-0.3, -0.25) is 4.79 Å². The molecule has 2 rings (SSSR count). The number of fused-ring (bicyclic) bond motifs is 1. The van der Waals surface area contributed by atoms with Crippen molar-refractivity contribution in [1.82, 2.24) is 0 Å². The summed E-state index contributed by atoms with van der Waals surface area (Å²) < 4.78 is 16.1. The summed E-state index contributed by atoms with van der Waals surface area (Å²) >= 11 is 0. The Balaban J connectivity index is 2.26. The summed E-state index contributed by atoms with van der Waals surface area (Å²) in [7, 11) is 1.61. The molecule has 84 valence electrons. The van der Waals surface area contributed by atoms with E-state index in [1.54, 1.807) is 14.0 Å². The Morgan fingerprint density at radius 3 is 3.00 bits per heavy atom. The van der Waals surface area contributed by atoms with Gasteiger partial charge in [-0.15, -0.1) is 0 Å². The van der Waals surface area contributed by atoms with E-state index in [0.29, 0.717) is 18.8 Å². The second kappa shape index (κ2) is 3.61. The third-order valence-electron chi connectivity index (χ3n) is 3.19. The third kappa shape index (κ3) is 1.40. The Bertz CT molecular complexity index is 310. The zero-order chi connectivity index (χ0) is 11.1. The fourth-order valence-corrected chi connectivity index (χ4v) is 2.43. The van der Waals surface area contributed by atoms with Crippen molar-refractivity contribution < 1.29 is 19.0 Å². The number of methoxy groups -OCH3 is 1. The molecule has 0 bridgehead atoms. The molecule has 4 nitrogen and oxygen atoms in total. The molecule has 1 aliphatic heterocycles. The van der Waals surface area contributed by atoms with Gasteiger partial charge in [0.05, 0.1) is 12.0 Å². The average Bonchev–Trinajstić information content (AvgIpc) is 2.18. The number of carbonyl (C=O) groups is 1. The normalized spacial score (nSPS) is 38.9. The lowest BCUT2D eigenvalue weighted by Gasteiger charge is -2.52. The molecule has 1 fully saturated rings. The second-order valence-electron chi connectivity index (χ2n) is 3.97. The Labute approximate surface area is 89.2 Å². The van der Waals surface area contributed by atoms with Gasteiger partial charge in [-0.25, -0.2) is 0 Å². The van der Waals surface area contributed by atoms with Crippen LogP contribution < -0.4 is 0 Å². The standard InChI is InChI=1S/C11H16O4/c1-4-14-9-5-8-10(12)15-7(2)6-11(8,9)13-3/h6,8-9H,4-5H2,1-3H3/t8-,9-,11-/m0/s1. The minimum atomic E-state index is -0.588. The predicted molar refractivity (Wildman–Crippen MR) is 53.1 cm³/mol. The maximum Gasteiger partial charge on any atom is 0.317 e. The van der Waals surface area contributed by atoms with Crippen LogP contribution in [0.4, 0.5) is 0 Å². The Hall–Kier alpha value is -0.870. The first kappa shape index (κ1) is 10.6. The number of cyclic esters (lactones) is 1.